The molecule has 2 aromatic rings. The molecule has 4 atom stereocenters. The number of carbonyl (C=O) groups is 1. The largest absolute Gasteiger partial charge is 0.0623 e. The van der Waals surface area contributed by atoms with E-state index >= 15 is 0 Å². The van der Waals surface area contributed by atoms with Gasteiger partial charge in [-0.2, -0.15) is 0 Å². The molecule has 2 fully saturated rings. The molecule has 2 saturated heterocycles. The Balaban J connectivity index is 0.000000344. The predicted octanol–water partition coefficient (Wildman–Crippen LogP) is 2.70. The number of piperidine rings is 1. The predicted molar refractivity (Wildman–Crippen MR) is 115 cm³/mol. The van der Waals surface area contributed by atoms with Crippen LogP contribution in [0.25, 0.3) is 0 Å². The average molecular weight is 379 g/mol. The number of nitrogens with zero attached hydrogens (tertiary/aromatic N) is 1. The van der Waals surface area contributed by atoms with Gasteiger partial charge in [-0.3, -0.25) is 4.79 Å². The average Bonchev–Trinajstić information content (AvgIpc) is 2.92. The number of hydrogen-bond donors (Lipinski definition) is 1. The van der Waals surface area contributed by atoms with E-state index in [1.165, 1.54) is 12.8 Å². The summed E-state index contributed by atoms with van der Waals surface area (Å²) in [5, 5.41) is 9.53. The van der Waals surface area contributed by atoms with Crippen LogP contribution in [0.1, 0.15) is 37.2 Å². The summed E-state index contributed by atoms with van der Waals surface area (Å²) >= 11 is 0. The molecular weight excluding hydrogens is 347 g/mol. The molecule has 0 amide bonds. The van der Waals surface area contributed by atoms with E-state index in [-0.39, 0.29) is 28.8 Å². The summed E-state index contributed by atoms with van der Waals surface area (Å²) < 4.78 is 5.70. The Morgan fingerprint density at radius 3 is 1.93 bits per heavy atom. The fraction of sp³-hybridized carbons (Fsp3) is 0.435. The molecule has 1 unspecified atom stereocenters. The zero-order chi connectivity index (χ0) is 19.1. The monoisotopic (exact) mass is 378 g/mol. The minimum Gasteiger partial charge on any atom is -0.0623 e. The Kier molecular flexibility index (Phi) is 8.84. The molecule has 0 saturated carbocycles. The molecule has 2 heterocycles. The quantitative estimate of drug-likeness (QED) is 0.657. The van der Waals surface area contributed by atoms with Crippen molar-refractivity contribution in [3.05, 3.63) is 72.3 Å². The van der Waals surface area contributed by atoms with Gasteiger partial charge in [-0.05, 0) is 38.3 Å². The van der Waals surface area contributed by atoms with Crippen LogP contribution < -0.4 is 0 Å². The molecule has 4 nitrogen and oxygen atoms in total. The van der Waals surface area contributed by atoms with Crippen molar-refractivity contribution in [1.29, 1.82) is 0 Å². The minimum absolute atomic E-state index is 0. The zero-order valence-electron chi connectivity index (χ0n) is 15.9. The van der Waals surface area contributed by atoms with Gasteiger partial charge in [-0.1, -0.05) is 66.7 Å². The molecular formula is C23H31BeNO3. The maximum absolute atomic E-state index is 12.4. The number of fused-ring (bicyclic) bond motifs is 2. The van der Waals surface area contributed by atoms with E-state index in [9.17, 15) is 9.90 Å². The summed E-state index contributed by atoms with van der Waals surface area (Å²) in [6.45, 7) is -0.206. The number of carbonyl (C=O) groups excluding carboxylic acids is 1. The molecule has 28 heavy (non-hydrogen) atoms. The zero-order valence-corrected chi connectivity index (χ0v) is 15.9. The van der Waals surface area contributed by atoms with Gasteiger partial charge in [0.1, 0.15) is 12.0 Å². The van der Waals surface area contributed by atoms with E-state index in [4.69, 9.17) is 4.74 Å². The summed E-state index contributed by atoms with van der Waals surface area (Å²) in [5.41, 5.74) is 0.820. The molecule has 0 aromatic heterocycles. The van der Waals surface area contributed by atoms with Gasteiger partial charge in [-0.15, -0.1) is 0 Å². The number of ether oxygens (including phenoxy) is 1. The molecule has 2 aliphatic rings. The van der Waals surface area contributed by atoms with Gasteiger partial charge in [0, 0.05) is 12.1 Å². The van der Waals surface area contributed by atoms with Gasteiger partial charge in [0.25, 0.3) is 0 Å². The Bertz CT molecular complexity index is 657. The van der Waals surface area contributed by atoms with Crippen molar-refractivity contribution in [2.45, 2.75) is 49.8 Å². The van der Waals surface area contributed by atoms with Gasteiger partial charge in [0.2, 0.25) is 0 Å². The number of hydrogen-bond acceptors (Lipinski definition) is 4. The molecule has 148 valence electrons. The van der Waals surface area contributed by atoms with E-state index < -0.39 is 5.92 Å². The standard InChI is InChI=1S/C17H23NO3.C6H6.Be.2H/c1-18-13-7-8-14(18)10-15(9-13)21-17(20)16(11-19)12-5-3-2-4-6-12;1-2-4-6-5-3-1;;;/h2-6,13-16,19H,7-11H2,1H3;1-6H;;;/t13-,14+,15+,16?;;;;. The third-order valence-electron chi connectivity index (χ3n) is 5.67. The minimum atomic E-state index is -0.566. The molecule has 5 heteroatoms. The fourth-order valence-electron chi connectivity index (χ4n) is 4.09. The number of esters is 1. The van der Waals surface area contributed by atoms with Gasteiger partial charge in [0.05, 0.1) is 6.61 Å². The first-order valence-corrected chi connectivity index (χ1v) is 9.77. The smallest absolute Gasteiger partial charge is 0.0623 e. The third-order valence-corrected chi connectivity index (χ3v) is 5.67. The molecule has 4 rings (SSSR count). The van der Waals surface area contributed by atoms with Gasteiger partial charge in [-0.25, -0.2) is 0 Å². The van der Waals surface area contributed by atoms with Crippen molar-refractivity contribution < 1.29 is 14.6 Å². The Morgan fingerprint density at radius 2 is 1.46 bits per heavy atom. The second-order valence-electron chi connectivity index (χ2n) is 7.38. The first-order valence-electron chi connectivity index (χ1n) is 9.77. The summed E-state index contributed by atoms with van der Waals surface area (Å²) in [6.07, 6.45) is 4.26. The van der Waals surface area contributed by atoms with Crippen molar-refractivity contribution in [3.8, 4) is 0 Å². The Morgan fingerprint density at radius 1 is 1.00 bits per heavy atom. The SMILES string of the molecule is CN1[C@@H]2CC[C@H]1C[C@@H](OC(=O)C(CO)c1ccccc1)C2.[BeH2].c1ccccc1. The number of rotatable bonds is 4. The Hall–Kier alpha value is -2.00. The van der Waals surface area contributed by atoms with E-state index in [1.54, 1.807) is 0 Å². The van der Waals surface area contributed by atoms with Crippen molar-refractivity contribution in [1.82, 2.24) is 4.90 Å². The maximum Gasteiger partial charge on any atom is -0.0623 e. The normalized spacial score (nSPS) is 24.3. The van der Waals surface area contributed by atoms with Crippen LogP contribution in [0.3, 0.4) is 0 Å². The molecule has 2 aromatic carbocycles. The van der Waals surface area contributed by atoms with Gasteiger partial charge < -0.3 is 14.7 Å². The molecule has 0 spiro atoms. The molecule has 0 aliphatic carbocycles. The number of aliphatic hydroxyl groups excluding tert-OH is 1. The van der Waals surface area contributed by atoms with Crippen molar-refractivity contribution in [2.24, 2.45) is 0 Å². The molecule has 2 bridgehead atoms. The van der Waals surface area contributed by atoms with Crippen LogP contribution in [0.5, 0.6) is 0 Å². The van der Waals surface area contributed by atoms with E-state index in [0.29, 0.717) is 12.1 Å². The summed E-state index contributed by atoms with van der Waals surface area (Å²) in [4.78, 5) is 14.8. The third kappa shape index (κ3) is 5.75. The van der Waals surface area contributed by atoms with Crippen LogP contribution in [0.2, 0.25) is 0 Å². The van der Waals surface area contributed by atoms with E-state index in [0.717, 1.165) is 18.4 Å². The van der Waals surface area contributed by atoms with Crippen molar-refractivity contribution in [2.75, 3.05) is 13.7 Å². The summed E-state index contributed by atoms with van der Waals surface area (Å²) in [5.74, 6) is -0.860. The van der Waals surface area contributed by atoms with Crippen LogP contribution in [-0.2, 0) is 9.53 Å². The fourth-order valence-corrected chi connectivity index (χ4v) is 4.09. The van der Waals surface area contributed by atoms with Gasteiger partial charge in [0.15, 0.2) is 0 Å². The molecule has 2 aliphatic heterocycles. The molecule has 0 radical (unpaired) electrons. The Labute approximate surface area is 171 Å². The second kappa shape index (κ2) is 11.1. The van der Waals surface area contributed by atoms with E-state index in [2.05, 4.69) is 11.9 Å². The van der Waals surface area contributed by atoms with Crippen LogP contribution in [-0.4, -0.2) is 57.9 Å². The molecule has 1 N–H and O–H groups in total. The summed E-state index contributed by atoms with van der Waals surface area (Å²) in [6, 6.07) is 22.5. The summed E-state index contributed by atoms with van der Waals surface area (Å²) in [7, 11) is 2.17. The van der Waals surface area contributed by atoms with Crippen LogP contribution in [0.4, 0.5) is 0 Å². The topological polar surface area (TPSA) is 49.8 Å². The van der Waals surface area contributed by atoms with Crippen LogP contribution >= 0.6 is 0 Å². The second-order valence-corrected chi connectivity index (χ2v) is 7.38. The van der Waals surface area contributed by atoms with Crippen molar-refractivity contribution in [3.63, 3.8) is 0 Å². The van der Waals surface area contributed by atoms with Crippen LogP contribution in [0, 0.1) is 0 Å². The van der Waals surface area contributed by atoms with E-state index in [1.807, 2.05) is 66.7 Å². The first-order chi connectivity index (χ1) is 13.2. The van der Waals surface area contributed by atoms with Gasteiger partial charge >= 0.3 is 16.1 Å². The van der Waals surface area contributed by atoms with Crippen molar-refractivity contribution >= 4 is 16.1 Å². The maximum atomic E-state index is 12.4. The first kappa shape index (κ1) is 22.3. The number of benzene rings is 2. The number of aliphatic hydroxyl groups is 1. The van der Waals surface area contributed by atoms with Crippen LogP contribution in [0.15, 0.2) is 66.7 Å².